The molecule has 1 amide bonds. The molecule has 0 bridgehead atoms. The van der Waals surface area contributed by atoms with Gasteiger partial charge in [-0.25, -0.2) is 0 Å². The van der Waals surface area contributed by atoms with E-state index in [-0.39, 0.29) is 36.8 Å². The molecule has 0 aromatic heterocycles. The van der Waals surface area contributed by atoms with E-state index in [1.165, 1.54) is 5.56 Å². The van der Waals surface area contributed by atoms with Crippen LogP contribution in [0, 0.1) is 0 Å². The number of carbonyl (C=O) groups excluding carboxylic acids is 1. The van der Waals surface area contributed by atoms with Crippen LogP contribution >= 0.6 is 36.4 Å². The summed E-state index contributed by atoms with van der Waals surface area (Å²) in [6.45, 7) is 2.92. The monoisotopic (exact) mass is 429 g/mol. The molecule has 1 heterocycles. The average Bonchev–Trinajstić information content (AvgIpc) is 2.61. The largest absolute Gasteiger partial charge is 0.399 e. The first kappa shape index (κ1) is 23.6. The molecule has 0 atom stereocenters. The molecule has 4 nitrogen and oxygen atoms in total. The van der Waals surface area contributed by atoms with Crippen molar-refractivity contribution < 1.29 is 4.79 Å². The molecule has 0 radical (unpaired) electrons. The third-order valence-electron chi connectivity index (χ3n) is 4.62. The van der Waals surface area contributed by atoms with Gasteiger partial charge in [0.25, 0.3) is 0 Å². The Morgan fingerprint density at radius 3 is 2.15 bits per heavy atom. The summed E-state index contributed by atoms with van der Waals surface area (Å²) in [6, 6.07) is 15.7. The van der Waals surface area contributed by atoms with Crippen LogP contribution in [0.15, 0.2) is 48.5 Å². The summed E-state index contributed by atoms with van der Waals surface area (Å²) < 4.78 is 0. The number of nitrogens with one attached hydrogen (secondary N) is 1. The standard InChI is InChI=1S/C20H24ClN3O.2ClH/c21-17-5-1-16(2-6-17)14-24-11-9-19(10-12-24)23-20(25)13-15-3-7-18(22)8-4-15;;/h1-8,19H,9-14,22H2,(H,23,25);2*1H. The first-order valence-electron chi connectivity index (χ1n) is 8.69. The van der Waals surface area contributed by atoms with Gasteiger partial charge in [-0.05, 0) is 48.2 Å². The molecule has 0 saturated carbocycles. The molecule has 148 valence electrons. The lowest BCUT2D eigenvalue weighted by Gasteiger charge is -2.32. The maximum absolute atomic E-state index is 12.2. The van der Waals surface area contributed by atoms with Crippen molar-refractivity contribution >= 4 is 48.0 Å². The van der Waals surface area contributed by atoms with Crippen LogP contribution in [0.5, 0.6) is 0 Å². The Bertz CT molecular complexity index is 699. The highest BCUT2D eigenvalue weighted by Crippen LogP contribution is 2.16. The summed E-state index contributed by atoms with van der Waals surface area (Å²) in [5.74, 6) is 0.0842. The molecule has 2 aromatic rings. The number of likely N-dealkylation sites (tertiary alicyclic amines) is 1. The number of rotatable bonds is 5. The van der Waals surface area contributed by atoms with E-state index in [9.17, 15) is 4.79 Å². The SMILES string of the molecule is Cl.Cl.Nc1ccc(CC(=O)NC2CCN(Cc3ccc(Cl)cc3)CC2)cc1. The maximum atomic E-state index is 12.2. The van der Waals surface area contributed by atoms with Crippen LogP contribution in [0.25, 0.3) is 0 Å². The Morgan fingerprint density at radius 2 is 1.56 bits per heavy atom. The fraction of sp³-hybridized carbons (Fsp3) is 0.350. The van der Waals surface area contributed by atoms with Gasteiger partial charge in [0, 0.05) is 36.4 Å². The molecule has 1 saturated heterocycles. The van der Waals surface area contributed by atoms with Crippen molar-refractivity contribution in [1.29, 1.82) is 0 Å². The third kappa shape index (κ3) is 7.59. The van der Waals surface area contributed by atoms with Crippen molar-refractivity contribution in [3.8, 4) is 0 Å². The van der Waals surface area contributed by atoms with E-state index in [1.807, 2.05) is 36.4 Å². The molecule has 3 N–H and O–H groups in total. The highest BCUT2D eigenvalue weighted by Gasteiger charge is 2.20. The van der Waals surface area contributed by atoms with Crippen LogP contribution in [0.4, 0.5) is 5.69 Å². The molecule has 1 aliphatic rings. The van der Waals surface area contributed by atoms with Gasteiger partial charge in [0.15, 0.2) is 0 Å². The van der Waals surface area contributed by atoms with E-state index in [2.05, 4.69) is 22.3 Å². The van der Waals surface area contributed by atoms with Gasteiger partial charge >= 0.3 is 0 Å². The second-order valence-electron chi connectivity index (χ2n) is 6.66. The van der Waals surface area contributed by atoms with Crippen LogP contribution in [0.1, 0.15) is 24.0 Å². The minimum absolute atomic E-state index is 0. The zero-order valence-corrected chi connectivity index (χ0v) is 17.5. The van der Waals surface area contributed by atoms with Gasteiger partial charge in [0.2, 0.25) is 5.91 Å². The highest BCUT2D eigenvalue weighted by atomic mass is 35.5. The number of nitrogens with two attached hydrogens (primary N) is 1. The second-order valence-corrected chi connectivity index (χ2v) is 7.10. The van der Waals surface area contributed by atoms with Crippen molar-refractivity contribution in [3.05, 3.63) is 64.7 Å². The first-order valence-corrected chi connectivity index (χ1v) is 9.07. The van der Waals surface area contributed by atoms with Crippen LogP contribution in [0.2, 0.25) is 5.02 Å². The van der Waals surface area contributed by atoms with Gasteiger partial charge in [-0.2, -0.15) is 0 Å². The van der Waals surface area contributed by atoms with Crippen LogP contribution in [-0.2, 0) is 17.8 Å². The molecular formula is C20H26Cl3N3O. The Labute approximate surface area is 178 Å². The van der Waals surface area contributed by atoms with E-state index >= 15 is 0 Å². The molecular weight excluding hydrogens is 405 g/mol. The number of nitrogens with zero attached hydrogens (tertiary/aromatic N) is 1. The molecule has 27 heavy (non-hydrogen) atoms. The van der Waals surface area contributed by atoms with Gasteiger partial charge in [-0.1, -0.05) is 35.9 Å². The second kappa shape index (κ2) is 11.4. The summed E-state index contributed by atoms with van der Waals surface area (Å²) in [6.07, 6.45) is 2.38. The minimum Gasteiger partial charge on any atom is -0.399 e. The Hall–Kier alpha value is -1.46. The Kier molecular flexibility index (Phi) is 9.95. The van der Waals surface area contributed by atoms with E-state index in [4.69, 9.17) is 17.3 Å². The summed E-state index contributed by atoms with van der Waals surface area (Å²) >= 11 is 5.93. The molecule has 2 aromatic carbocycles. The zero-order valence-electron chi connectivity index (χ0n) is 15.1. The minimum atomic E-state index is 0. The molecule has 1 aliphatic heterocycles. The predicted molar refractivity (Wildman–Crippen MR) is 117 cm³/mol. The molecule has 1 fully saturated rings. The van der Waals surface area contributed by atoms with Gasteiger partial charge < -0.3 is 11.1 Å². The molecule has 7 heteroatoms. The molecule has 0 aliphatic carbocycles. The van der Waals surface area contributed by atoms with Gasteiger partial charge in [0.1, 0.15) is 0 Å². The molecule has 0 unspecified atom stereocenters. The number of anilines is 1. The lowest BCUT2D eigenvalue weighted by Crippen LogP contribution is -2.44. The van der Waals surface area contributed by atoms with Crippen molar-refractivity contribution in [3.63, 3.8) is 0 Å². The zero-order chi connectivity index (χ0) is 17.6. The number of benzene rings is 2. The number of piperidine rings is 1. The van der Waals surface area contributed by atoms with Crippen molar-refractivity contribution in [2.45, 2.75) is 31.8 Å². The number of nitrogen functional groups attached to an aromatic ring is 1. The van der Waals surface area contributed by atoms with Gasteiger partial charge in [0.05, 0.1) is 6.42 Å². The lowest BCUT2D eigenvalue weighted by atomic mass is 10.0. The predicted octanol–water partition coefficient (Wildman–Crippen LogP) is 4.09. The number of hydrogen-bond acceptors (Lipinski definition) is 3. The van der Waals surface area contributed by atoms with Crippen molar-refractivity contribution in [2.75, 3.05) is 18.8 Å². The first-order chi connectivity index (χ1) is 12.1. The van der Waals surface area contributed by atoms with Gasteiger partial charge in [-0.15, -0.1) is 24.8 Å². The Morgan fingerprint density at radius 1 is 1.00 bits per heavy atom. The van der Waals surface area contributed by atoms with Crippen molar-refractivity contribution in [1.82, 2.24) is 10.2 Å². The van der Waals surface area contributed by atoms with E-state index < -0.39 is 0 Å². The van der Waals surface area contributed by atoms with Crippen molar-refractivity contribution in [2.24, 2.45) is 0 Å². The fourth-order valence-corrected chi connectivity index (χ4v) is 3.31. The smallest absolute Gasteiger partial charge is 0.224 e. The molecule has 0 spiro atoms. The summed E-state index contributed by atoms with van der Waals surface area (Å²) in [7, 11) is 0. The third-order valence-corrected chi connectivity index (χ3v) is 4.87. The number of carbonyl (C=O) groups is 1. The summed E-state index contributed by atoms with van der Waals surface area (Å²) in [4.78, 5) is 14.6. The number of amides is 1. The van der Waals surface area contributed by atoms with Gasteiger partial charge in [-0.3, -0.25) is 9.69 Å². The van der Waals surface area contributed by atoms with E-state index in [0.29, 0.717) is 6.42 Å². The van der Waals surface area contributed by atoms with Crippen LogP contribution in [-0.4, -0.2) is 29.9 Å². The normalized spacial score (nSPS) is 14.7. The van der Waals surface area contributed by atoms with E-state index in [1.54, 1.807) is 0 Å². The fourth-order valence-electron chi connectivity index (χ4n) is 3.18. The maximum Gasteiger partial charge on any atom is 0.224 e. The van der Waals surface area contributed by atoms with Crippen LogP contribution < -0.4 is 11.1 Å². The average molecular weight is 431 g/mol. The van der Waals surface area contributed by atoms with Crippen LogP contribution in [0.3, 0.4) is 0 Å². The Balaban J connectivity index is 0.00000182. The highest BCUT2D eigenvalue weighted by molar-refractivity contribution is 6.30. The lowest BCUT2D eigenvalue weighted by molar-refractivity contribution is -0.121. The quantitative estimate of drug-likeness (QED) is 0.702. The van der Waals surface area contributed by atoms with E-state index in [0.717, 1.165) is 48.7 Å². The topological polar surface area (TPSA) is 58.4 Å². The summed E-state index contributed by atoms with van der Waals surface area (Å²) in [5, 5.41) is 3.93. The number of hydrogen-bond donors (Lipinski definition) is 2. The number of halogens is 3. The summed E-state index contributed by atoms with van der Waals surface area (Å²) in [5.41, 5.74) is 8.66. The molecule has 3 rings (SSSR count).